The van der Waals surface area contributed by atoms with Crippen LogP contribution in [0.4, 0.5) is 11.5 Å². The van der Waals surface area contributed by atoms with Crippen LogP contribution in [0.1, 0.15) is 24.8 Å². The molecule has 0 aliphatic carbocycles. The quantitative estimate of drug-likeness (QED) is 0.686. The fraction of sp³-hybridized carbons (Fsp3) is 0.476. The van der Waals surface area contributed by atoms with Crippen LogP contribution in [-0.4, -0.2) is 60.3 Å². The molecular weight excluding hydrogens is 386 g/mol. The third-order valence-corrected chi connectivity index (χ3v) is 5.30. The van der Waals surface area contributed by atoms with E-state index in [1.54, 1.807) is 0 Å². The Kier molecular flexibility index (Phi) is 7.07. The van der Waals surface area contributed by atoms with E-state index in [1.165, 1.54) is 16.5 Å². The van der Waals surface area contributed by atoms with Gasteiger partial charge in [0, 0.05) is 20.2 Å². The molecule has 0 unspecified atom stereocenters. The Morgan fingerprint density at radius 2 is 1.97 bits per heavy atom. The second-order valence-electron chi connectivity index (χ2n) is 7.70. The lowest BCUT2D eigenvalue weighted by molar-refractivity contribution is -0.119. The van der Waals surface area contributed by atoms with Crippen LogP contribution in [0.3, 0.4) is 0 Å². The van der Waals surface area contributed by atoms with Crippen molar-refractivity contribution in [2.75, 3.05) is 44.4 Å². The summed E-state index contributed by atoms with van der Waals surface area (Å²) < 4.78 is 6.98. The Bertz CT molecular complexity index is 979. The van der Waals surface area contributed by atoms with Crippen molar-refractivity contribution < 1.29 is 9.53 Å². The monoisotopic (exact) mass is 415 g/mol. The zero-order valence-electron chi connectivity index (χ0n) is 17.5. The molecule has 0 bridgehead atoms. The van der Waals surface area contributed by atoms with Gasteiger partial charge >= 0.3 is 5.69 Å². The summed E-state index contributed by atoms with van der Waals surface area (Å²) >= 11 is 0. The first-order chi connectivity index (χ1) is 14.4. The predicted octanol–water partition coefficient (Wildman–Crippen LogP) is 0.631. The van der Waals surface area contributed by atoms with Gasteiger partial charge in [-0.2, -0.15) is 0 Å². The normalized spacial score (nSPS) is 16.6. The number of nitrogens with two attached hydrogens (primary N) is 1. The SMILES string of the molecule is CN(CC(=O)N(C)c1c(N)n(Cc2ccccc2)c(=O)[nH]c1=O)C[C@@H]1CCCCO1. The number of H-pyrrole nitrogens is 1. The van der Waals surface area contributed by atoms with Gasteiger partial charge in [0.1, 0.15) is 5.82 Å². The molecule has 1 amide bonds. The number of carbonyl (C=O) groups is 1. The number of nitrogen functional groups attached to an aromatic ring is 1. The van der Waals surface area contributed by atoms with Gasteiger partial charge < -0.3 is 15.4 Å². The summed E-state index contributed by atoms with van der Waals surface area (Å²) in [7, 11) is 3.33. The van der Waals surface area contributed by atoms with Crippen LogP contribution in [0, 0.1) is 0 Å². The van der Waals surface area contributed by atoms with E-state index in [0.29, 0.717) is 6.54 Å². The minimum atomic E-state index is -0.684. The van der Waals surface area contributed by atoms with Crippen LogP contribution in [0.25, 0.3) is 0 Å². The number of amides is 1. The van der Waals surface area contributed by atoms with Crippen molar-refractivity contribution in [2.45, 2.75) is 31.9 Å². The van der Waals surface area contributed by atoms with E-state index in [2.05, 4.69) is 4.98 Å². The van der Waals surface area contributed by atoms with Crippen LogP contribution in [-0.2, 0) is 16.1 Å². The first-order valence-corrected chi connectivity index (χ1v) is 10.1. The molecule has 3 N–H and O–H groups in total. The number of benzene rings is 1. The summed E-state index contributed by atoms with van der Waals surface area (Å²) in [5.74, 6) is -0.336. The number of rotatable bonds is 7. The number of anilines is 2. The number of carbonyl (C=O) groups excluding carboxylic acids is 1. The molecule has 2 heterocycles. The highest BCUT2D eigenvalue weighted by atomic mass is 16.5. The minimum absolute atomic E-state index is 0.0298. The van der Waals surface area contributed by atoms with Gasteiger partial charge in [-0.3, -0.25) is 24.0 Å². The van der Waals surface area contributed by atoms with E-state index in [1.807, 2.05) is 42.3 Å². The molecule has 0 radical (unpaired) electrons. The molecule has 3 rings (SSSR count). The minimum Gasteiger partial charge on any atom is -0.383 e. The Balaban J connectivity index is 1.76. The van der Waals surface area contributed by atoms with E-state index >= 15 is 0 Å². The topological polar surface area (TPSA) is 114 Å². The van der Waals surface area contributed by atoms with Crippen molar-refractivity contribution in [3.8, 4) is 0 Å². The summed E-state index contributed by atoms with van der Waals surface area (Å²) in [6, 6.07) is 9.28. The largest absolute Gasteiger partial charge is 0.383 e. The Morgan fingerprint density at radius 3 is 2.63 bits per heavy atom. The Hall–Kier alpha value is -2.91. The highest BCUT2D eigenvalue weighted by molar-refractivity contribution is 5.96. The van der Waals surface area contributed by atoms with E-state index in [9.17, 15) is 14.4 Å². The third-order valence-electron chi connectivity index (χ3n) is 5.30. The number of hydrogen-bond donors (Lipinski definition) is 2. The molecule has 1 aromatic carbocycles. The molecule has 9 heteroatoms. The summed E-state index contributed by atoms with van der Waals surface area (Å²) in [5, 5.41) is 0. The number of ether oxygens (including phenoxy) is 1. The van der Waals surface area contributed by atoms with E-state index in [-0.39, 0.29) is 36.6 Å². The van der Waals surface area contributed by atoms with E-state index in [0.717, 1.165) is 31.4 Å². The van der Waals surface area contributed by atoms with Gasteiger partial charge in [0.2, 0.25) is 5.91 Å². The average molecular weight is 415 g/mol. The molecule has 30 heavy (non-hydrogen) atoms. The number of hydrogen-bond acceptors (Lipinski definition) is 6. The number of aromatic amines is 1. The predicted molar refractivity (Wildman–Crippen MR) is 116 cm³/mol. The molecule has 0 saturated carbocycles. The molecule has 162 valence electrons. The maximum Gasteiger partial charge on any atom is 0.330 e. The van der Waals surface area contributed by atoms with Crippen LogP contribution >= 0.6 is 0 Å². The van der Waals surface area contributed by atoms with Gasteiger partial charge in [0.15, 0.2) is 5.69 Å². The van der Waals surface area contributed by atoms with Crippen LogP contribution in [0.2, 0.25) is 0 Å². The first-order valence-electron chi connectivity index (χ1n) is 10.1. The van der Waals surface area contributed by atoms with Gasteiger partial charge in [-0.05, 0) is 31.9 Å². The van der Waals surface area contributed by atoms with Crippen molar-refractivity contribution in [1.29, 1.82) is 0 Å². The van der Waals surface area contributed by atoms with Crippen LogP contribution < -0.4 is 21.9 Å². The fourth-order valence-corrected chi connectivity index (χ4v) is 3.65. The molecule has 1 aromatic heterocycles. The smallest absolute Gasteiger partial charge is 0.330 e. The summed E-state index contributed by atoms with van der Waals surface area (Å²) in [6.45, 7) is 1.68. The Labute approximate surface area is 175 Å². The van der Waals surface area contributed by atoms with Crippen molar-refractivity contribution in [3.05, 3.63) is 56.7 Å². The second kappa shape index (κ2) is 9.73. The van der Waals surface area contributed by atoms with Gasteiger partial charge in [0.05, 0.1) is 19.2 Å². The lowest BCUT2D eigenvalue weighted by Gasteiger charge is -2.28. The summed E-state index contributed by atoms with van der Waals surface area (Å²) in [6.07, 6.45) is 3.29. The molecule has 9 nitrogen and oxygen atoms in total. The van der Waals surface area contributed by atoms with Gasteiger partial charge in [0.25, 0.3) is 5.56 Å². The molecule has 1 atom stereocenters. The van der Waals surface area contributed by atoms with Crippen molar-refractivity contribution >= 4 is 17.4 Å². The molecular formula is C21H29N5O4. The summed E-state index contributed by atoms with van der Waals surface area (Å²) in [4.78, 5) is 42.9. The number of nitrogens with zero attached hydrogens (tertiary/aromatic N) is 3. The number of likely N-dealkylation sites (N-methyl/N-ethyl adjacent to an activating group) is 2. The van der Waals surface area contributed by atoms with Crippen molar-refractivity contribution in [1.82, 2.24) is 14.5 Å². The molecule has 2 aromatic rings. The zero-order chi connectivity index (χ0) is 21.7. The van der Waals surface area contributed by atoms with E-state index in [4.69, 9.17) is 10.5 Å². The van der Waals surface area contributed by atoms with Gasteiger partial charge in [-0.25, -0.2) is 4.79 Å². The van der Waals surface area contributed by atoms with Crippen molar-refractivity contribution in [2.24, 2.45) is 0 Å². The van der Waals surface area contributed by atoms with Crippen LogP contribution in [0.15, 0.2) is 39.9 Å². The zero-order valence-corrected chi connectivity index (χ0v) is 17.5. The van der Waals surface area contributed by atoms with Crippen molar-refractivity contribution in [3.63, 3.8) is 0 Å². The Morgan fingerprint density at radius 1 is 1.23 bits per heavy atom. The maximum atomic E-state index is 12.8. The lowest BCUT2D eigenvalue weighted by atomic mass is 10.1. The first kappa shape index (κ1) is 21.8. The summed E-state index contributed by atoms with van der Waals surface area (Å²) in [5.41, 5.74) is 5.69. The van der Waals surface area contributed by atoms with Gasteiger partial charge in [-0.1, -0.05) is 30.3 Å². The number of nitrogens with one attached hydrogen (secondary N) is 1. The molecule has 1 fully saturated rings. The molecule has 1 aliphatic rings. The molecule has 0 spiro atoms. The lowest BCUT2D eigenvalue weighted by Crippen LogP contribution is -2.44. The second-order valence-corrected chi connectivity index (χ2v) is 7.70. The van der Waals surface area contributed by atoms with E-state index < -0.39 is 11.2 Å². The standard InChI is InChI=1S/C21H29N5O4/c1-24(13-16-10-6-7-11-30-16)14-17(27)25(2)18-19(22)26(21(29)23-20(18)28)12-15-8-4-3-5-9-15/h3-5,8-9,16H,6-7,10-14,22H2,1-2H3,(H,23,28,29)/t16-/m0/s1. The average Bonchev–Trinajstić information content (AvgIpc) is 2.72. The highest BCUT2D eigenvalue weighted by Gasteiger charge is 2.23. The van der Waals surface area contributed by atoms with Gasteiger partial charge in [-0.15, -0.1) is 0 Å². The highest BCUT2D eigenvalue weighted by Crippen LogP contribution is 2.17. The fourth-order valence-electron chi connectivity index (χ4n) is 3.65. The number of aromatic nitrogens is 2. The maximum absolute atomic E-state index is 12.8. The van der Waals surface area contributed by atoms with Crippen LogP contribution in [0.5, 0.6) is 0 Å². The molecule has 1 aliphatic heterocycles. The molecule has 1 saturated heterocycles. The third kappa shape index (κ3) is 5.17.